The molecule has 0 amide bonds. The fourth-order valence-electron chi connectivity index (χ4n) is 1.50. The second kappa shape index (κ2) is 5.08. The van der Waals surface area contributed by atoms with Crippen molar-refractivity contribution >= 4 is 36.0 Å². The van der Waals surface area contributed by atoms with Gasteiger partial charge in [-0.05, 0) is 6.07 Å². The topological polar surface area (TPSA) is 198 Å². The van der Waals surface area contributed by atoms with Gasteiger partial charge in [-0.1, -0.05) is 0 Å². The summed E-state index contributed by atoms with van der Waals surface area (Å²) >= 11 is 0. The third-order valence-electron chi connectivity index (χ3n) is 2.18. The zero-order chi connectivity index (χ0) is 16.8. The highest BCUT2D eigenvalue weighted by atomic mass is 32.2. The number of hydrogen-bond acceptors (Lipinski definition) is 8. The lowest BCUT2D eigenvalue weighted by Gasteiger charge is -2.14. The maximum Gasteiger partial charge on any atom is 0.299 e. The summed E-state index contributed by atoms with van der Waals surface area (Å²) in [6.07, 6.45) is 0. The third kappa shape index (κ3) is 3.42. The fourth-order valence-corrected chi connectivity index (χ4v) is 4.86. The Morgan fingerprint density at radius 2 is 1.33 bits per heavy atom. The zero-order valence-corrected chi connectivity index (χ0v) is 12.5. The molecule has 1 aromatic rings. The van der Waals surface area contributed by atoms with Gasteiger partial charge in [0.25, 0.3) is 30.4 Å². The molecule has 0 saturated heterocycles. The molecule has 1 rings (SSSR count). The first-order valence-corrected chi connectivity index (χ1v) is 8.96. The largest absolute Gasteiger partial charge is 0.493 e. The molecule has 5 N–H and O–H groups in total. The van der Waals surface area contributed by atoms with Crippen molar-refractivity contribution in [2.75, 3.05) is 12.8 Å². The number of hydrogen-bond donors (Lipinski definition) is 4. The van der Waals surface area contributed by atoms with Gasteiger partial charge in [-0.2, -0.15) is 25.3 Å². The van der Waals surface area contributed by atoms with Gasteiger partial charge in [-0.25, -0.2) is 0 Å². The lowest BCUT2D eigenvalue weighted by Crippen LogP contribution is -2.16. The summed E-state index contributed by atoms with van der Waals surface area (Å²) in [7, 11) is -15.3. The van der Waals surface area contributed by atoms with Crippen molar-refractivity contribution < 1.29 is 43.6 Å². The van der Waals surface area contributed by atoms with Crippen molar-refractivity contribution in [3.63, 3.8) is 0 Å². The SMILES string of the molecule is COc1c(N)cc(S(=O)(=O)O)c(S(=O)(=O)O)c1S(=O)(=O)O. The molecule has 0 aromatic heterocycles. The quantitative estimate of drug-likeness (QED) is 0.378. The predicted octanol–water partition coefficient (Wildman–Crippen LogP) is -0.982. The Bertz CT molecular complexity index is 896. The van der Waals surface area contributed by atoms with Gasteiger partial charge in [0.15, 0.2) is 10.6 Å². The minimum Gasteiger partial charge on any atom is -0.493 e. The van der Waals surface area contributed by atoms with Crippen molar-refractivity contribution in [1.82, 2.24) is 0 Å². The summed E-state index contributed by atoms with van der Waals surface area (Å²) in [5, 5.41) is 0. The Kier molecular flexibility index (Phi) is 4.25. The number of ether oxygens (including phenoxy) is 1. The highest BCUT2D eigenvalue weighted by Gasteiger charge is 2.37. The average Bonchev–Trinajstić information content (AvgIpc) is 2.23. The van der Waals surface area contributed by atoms with Crippen molar-refractivity contribution in [1.29, 1.82) is 0 Å². The first-order chi connectivity index (χ1) is 9.21. The van der Waals surface area contributed by atoms with Gasteiger partial charge in [-0.3, -0.25) is 13.7 Å². The van der Waals surface area contributed by atoms with E-state index < -0.39 is 56.5 Å². The van der Waals surface area contributed by atoms with Crippen LogP contribution < -0.4 is 10.5 Å². The van der Waals surface area contributed by atoms with Crippen LogP contribution in [-0.2, 0) is 30.4 Å². The highest BCUT2D eigenvalue weighted by molar-refractivity contribution is 7.90. The minimum absolute atomic E-state index is 0.353. The second-order valence-corrected chi connectivity index (χ2v) is 7.69. The zero-order valence-electron chi connectivity index (χ0n) is 10.1. The first kappa shape index (κ1) is 17.6. The van der Waals surface area contributed by atoms with Gasteiger partial charge in [0, 0.05) is 0 Å². The van der Waals surface area contributed by atoms with E-state index in [0.717, 1.165) is 7.11 Å². The maximum absolute atomic E-state index is 11.3. The van der Waals surface area contributed by atoms with Crippen LogP contribution in [0.15, 0.2) is 20.8 Å². The summed E-state index contributed by atoms with van der Waals surface area (Å²) in [4.78, 5) is -4.92. The van der Waals surface area contributed by atoms with E-state index in [2.05, 4.69) is 4.74 Å². The van der Waals surface area contributed by atoms with Crippen molar-refractivity contribution in [2.24, 2.45) is 0 Å². The average molecular weight is 363 g/mol. The van der Waals surface area contributed by atoms with E-state index in [1.54, 1.807) is 0 Å². The van der Waals surface area contributed by atoms with Gasteiger partial charge in [0.05, 0.1) is 12.8 Å². The molecule has 0 aliphatic rings. The van der Waals surface area contributed by atoms with Crippen LogP contribution in [0.4, 0.5) is 5.69 Å². The molecule has 0 bridgehead atoms. The van der Waals surface area contributed by atoms with E-state index in [1.807, 2.05) is 0 Å². The normalized spacial score (nSPS) is 13.1. The van der Waals surface area contributed by atoms with Crippen LogP contribution in [0.1, 0.15) is 0 Å². The standard InChI is InChI=1S/C7H9NO10S3/c1-18-5-3(8)2-4(19(9,10)11)6(20(12,13)14)7(5)21(15,16)17/h2H,8H2,1H3,(H,9,10,11)(H,12,13,14)(H,15,16,17). The molecule has 21 heavy (non-hydrogen) atoms. The molecular formula is C7H9NO10S3. The molecule has 0 unspecified atom stereocenters. The molecule has 120 valence electrons. The number of benzene rings is 1. The number of nitrogens with two attached hydrogens (primary N) is 1. The number of methoxy groups -OCH3 is 1. The van der Waals surface area contributed by atoms with Crippen LogP contribution in [-0.4, -0.2) is 46.0 Å². The minimum atomic E-state index is -5.49. The summed E-state index contributed by atoms with van der Waals surface area (Å²) in [5.41, 5.74) is 4.57. The Morgan fingerprint density at radius 3 is 1.62 bits per heavy atom. The van der Waals surface area contributed by atoms with Gasteiger partial charge in [0.2, 0.25) is 0 Å². The maximum atomic E-state index is 11.3. The van der Waals surface area contributed by atoms with E-state index in [9.17, 15) is 25.3 Å². The molecule has 0 atom stereocenters. The molecule has 0 aliphatic heterocycles. The summed E-state index contributed by atoms with van der Waals surface area (Å²) < 4.78 is 98.8. The number of anilines is 1. The van der Waals surface area contributed by atoms with E-state index in [0.29, 0.717) is 6.07 Å². The Hall–Kier alpha value is -1.45. The number of nitrogen functional groups attached to an aromatic ring is 1. The van der Waals surface area contributed by atoms with Gasteiger partial charge >= 0.3 is 0 Å². The van der Waals surface area contributed by atoms with Crippen LogP contribution in [0.3, 0.4) is 0 Å². The van der Waals surface area contributed by atoms with Crippen LogP contribution >= 0.6 is 0 Å². The molecule has 1 aromatic carbocycles. The Balaban J connectivity index is 4.33. The molecule has 14 heteroatoms. The summed E-state index contributed by atoms with van der Waals surface area (Å²) in [6, 6.07) is 0.353. The van der Waals surface area contributed by atoms with E-state index >= 15 is 0 Å². The predicted molar refractivity (Wildman–Crippen MR) is 66.9 cm³/mol. The van der Waals surface area contributed by atoms with Crippen LogP contribution in [0.25, 0.3) is 0 Å². The lowest BCUT2D eigenvalue weighted by atomic mass is 10.3. The summed E-state index contributed by atoms with van der Waals surface area (Å²) in [6.45, 7) is 0. The second-order valence-electron chi connectivity index (χ2n) is 3.58. The van der Waals surface area contributed by atoms with Crippen LogP contribution in [0.5, 0.6) is 5.75 Å². The number of rotatable bonds is 4. The smallest absolute Gasteiger partial charge is 0.299 e. The van der Waals surface area contributed by atoms with Gasteiger partial charge in [0.1, 0.15) is 9.79 Å². The molecule has 11 nitrogen and oxygen atoms in total. The van der Waals surface area contributed by atoms with E-state index in [-0.39, 0.29) is 0 Å². The summed E-state index contributed by atoms with van der Waals surface area (Å²) in [5.74, 6) is -0.919. The van der Waals surface area contributed by atoms with Crippen LogP contribution in [0, 0.1) is 0 Å². The molecule has 0 fully saturated rings. The van der Waals surface area contributed by atoms with Crippen molar-refractivity contribution in [2.45, 2.75) is 14.7 Å². The Morgan fingerprint density at radius 1 is 0.905 bits per heavy atom. The molecule has 0 radical (unpaired) electrons. The monoisotopic (exact) mass is 363 g/mol. The molecule has 0 saturated carbocycles. The molecular weight excluding hydrogens is 354 g/mol. The van der Waals surface area contributed by atoms with Crippen molar-refractivity contribution in [3.05, 3.63) is 6.07 Å². The molecule has 0 aliphatic carbocycles. The van der Waals surface area contributed by atoms with Crippen LogP contribution in [0.2, 0.25) is 0 Å². The molecule has 0 heterocycles. The van der Waals surface area contributed by atoms with Gasteiger partial charge < -0.3 is 10.5 Å². The highest BCUT2D eigenvalue weighted by Crippen LogP contribution is 2.39. The third-order valence-corrected chi connectivity index (χ3v) is 5.16. The Labute approximate surface area is 119 Å². The fraction of sp³-hybridized carbons (Fsp3) is 0.143. The lowest BCUT2D eigenvalue weighted by molar-refractivity contribution is 0.391. The first-order valence-electron chi connectivity index (χ1n) is 4.64. The van der Waals surface area contributed by atoms with Gasteiger partial charge in [-0.15, -0.1) is 0 Å². The molecule has 0 spiro atoms. The van der Waals surface area contributed by atoms with E-state index in [4.69, 9.17) is 19.4 Å². The van der Waals surface area contributed by atoms with Crippen molar-refractivity contribution in [3.8, 4) is 5.75 Å². The van der Waals surface area contributed by atoms with E-state index in [1.165, 1.54) is 0 Å².